The third kappa shape index (κ3) is 4.63. The van der Waals surface area contributed by atoms with Crippen LogP contribution >= 0.6 is 27.7 Å². The number of halogens is 2. The van der Waals surface area contributed by atoms with Crippen molar-refractivity contribution in [2.24, 2.45) is 0 Å². The van der Waals surface area contributed by atoms with E-state index in [0.717, 1.165) is 32.0 Å². The SMILES string of the molecule is CCOC(=O)Cn1cc(/C=C2\SC(=O)N(Cc3ccc(F)cc3)C2=O)c2cc(Br)ccc21. The molecule has 0 spiro atoms. The molecule has 0 aliphatic carbocycles. The average molecular weight is 517 g/mol. The van der Waals surface area contributed by atoms with Crippen LogP contribution in [0.1, 0.15) is 18.1 Å². The molecule has 6 nitrogen and oxygen atoms in total. The highest BCUT2D eigenvalue weighted by molar-refractivity contribution is 9.10. The zero-order valence-electron chi connectivity index (χ0n) is 17.0. The predicted octanol–water partition coefficient (Wildman–Crippen LogP) is 5.34. The second-order valence-electron chi connectivity index (χ2n) is 7.07. The molecule has 2 amide bonds. The molecule has 0 radical (unpaired) electrons. The van der Waals surface area contributed by atoms with Gasteiger partial charge in [0.1, 0.15) is 12.4 Å². The number of benzene rings is 2. The molecule has 0 unspecified atom stereocenters. The molecular weight excluding hydrogens is 499 g/mol. The summed E-state index contributed by atoms with van der Waals surface area (Å²) in [7, 11) is 0. The summed E-state index contributed by atoms with van der Waals surface area (Å²) >= 11 is 4.31. The van der Waals surface area contributed by atoms with Gasteiger partial charge in [0, 0.05) is 27.1 Å². The lowest BCUT2D eigenvalue weighted by Crippen LogP contribution is -2.27. The largest absolute Gasteiger partial charge is 0.465 e. The van der Waals surface area contributed by atoms with Crippen LogP contribution in [0.3, 0.4) is 0 Å². The van der Waals surface area contributed by atoms with Crippen molar-refractivity contribution in [3.8, 4) is 0 Å². The second-order valence-corrected chi connectivity index (χ2v) is 8.98. The summed E-state index contributed by atoms with van der Waals surface area (Å²) in [5.41, 5.74) is 2.17. The molecule has 9 heteroatoms. The number of thioether (sulfide) groups is 1. The molecule has 32 heavy (non-hydrogen) atoms. The van der Waals surface area contributed by atoms with Gasteiger partial charge in [0.05, 0.1) is 18.1 Å². The van der Waals surface area contributed by atoms with Crippen LogP contribution in [0.4, 0.5) is 9.18 Å². The lowest BCUT2D eigenvalue weighted by molar-refractivity contribution is -0.143. The Morgan fingerprint density at radius 2 is 1.94 bits per heavy atom. The minimum absolute atomic E-state index is 0.0336. The van der Waals surface area contributed by atoms with Crippen molar-refractivity contribution in [3.05, 3.63) is 75.0 Å². The van der Waals surface area contributed by atoms with Crippen molar-refractivity contribution in [2.75, 3.05) is 6.61 Å². The van der Waals surface area contributed by atoms with E-state index in [4.69, 9.17) is 4.74 Å². The van der Waals surface area contributed by atoms with E-state index in [2.05, 4.69) is 15.9 Å². The number of ether oxygens (including phenoxy) is 1. The quantitative estimate of drug-likeness (QED) is 0.326. The molecule has 164 valence electrons. The Kier molecular flexibility index (Phi) is 6.48. The number of aromatic nitrogens is 1. The number of amides is 2. The number of hydrogen-bond donors (Lipinski definition) is 0. The van der Waals surface area contributed by atoms with Gasteiger partial charge in [-0.05, 0) is 60.7 Å². The smallest absolute Gasteiger partial charge is 0.325 e. The normalized spacial score (nSPS) is 15.2. The number of fused-ring (bicyclic) bond motifs is 1. The van der Waals surface area contributed by atoms with Gasteiger partial charge in [0.15, 0.2) is 0 Å². The van der Waals surface area contributed by atoms with Gasteiger partial charge >= 0.3 is 5.97 Å². The highest BCUT2D eigenvalue weighted by Gasteiger charge is 2.35. The van der Waals surface area contributed by atoms with Crippen molar-refractivity contribution < 1.29 is 23.5 Å². The molecule has 1 fully saturated rings. The van der Waals surface area contributed by atoms with E-state index in [0.29, 0.717) is 11.1 Å². The minimum Gasteiger partial charge on any atom is -0.465 e. The van der Waals surface area contributed by atoms with Crippen molar-refractivity contribution in [1.82, 2.24) is 9.47 Å². The Morgan fingerprint density at radius 1 is 1.19 bits per heavy atom. The summed E-state index contributed by atoms with van der Waals surface area (Å²) in [6, 6.07) is 11.3. The van der Waals surface area contributed by atoms with Crippen LogP contribution in [0.15, 0.2) is 58.0 Å². The molecular formula is C23H18BrFN2O4S. The van der Waals surface area contributed by atoms with Crippen LogP contribution < -0.4 is 0 Å². The van der Waals surface area contributed by atoms with Crippen LogP contribution in [-0.2, 0) is 27.4 Å². The highest BCUT2D eigenvalue weighted by atomic mass is 79.9. The number of nitrogens with zero attached hydrogens (tertiary/aromatic N) is 2. The molecule has 0 N–H and O–H groups in total. The van der Waals surface area contributed by atoms with E-state index in [1.807, 2.05) is 18.2 Å². The maximum atomic E-state index is 13.1. The molecule has 2 aromatic carbocycles. The molecule has 1 aromatic heterocycles. The predicted molar refractivity (Wildman–Crippen MR) is 124 cm³/mol. The molecule has 1 saturated heterocycles. The molecule has 0 saturated carbocycles. The third-order valence-electron chi connectivity index (χ3n) is 4.89. The maximum Gasteiger partial charge on any atom is 0.325 e. The van der Waals surface area contributed by atoms with Gasteiger partial charge in [-0.25, -0.2) is 4.39 Å². The topological polar surface area (TPSA) is 68.6 Å². The lowest BCUT2D eigenvalue weighted by Gasteiger charge is -2.12. The second kappa shape index (κ2) is 9.30. The fraction of sp³-hybridized carbons (Fsp3) is 0.174. The van der Waals surface area contributed by atoms with E-state index in [1.54, 1.807) is 35.9 Å². The Morgan fingerprint density at radius 3 is 2.66 bits per heavy atom. The van der Waals surface area contributed by atoms with Gasteiger partial charge in [0.2, 0.25) is 0 Å². The number of esters is 1. The summed E-state index contributed by atoms with van der Waals surface area (Å²) in [6.45, 7) is 2.14. The van der Waals surface area contributed by atoms with Crippen molar-refractivity contribution in [2.45, 2.75) is 20.0 Å². The molecule has 4 rings (SSSR count). The number of hydrogen-bond acceptors (Lipinski definition) is 5. The maximum absolute atomic E-state index is 13.1. The fourth-order valence-corrected chi connectivity index (χ4v) is 4.63. The van der Waals surface area contributed by atoms with E-state index < -0.39 is 5.91 Å². The Labute approximate surface area is 196 Å². The summed E-state index contributed by atoms with van der Waals surface area (Å²) < 4.78 is 20.8. The Hall–Kier alpha value is -2.91. The van der Waals surface area contributed by atoms with E-state index >= 15 is 0 Å². The number of carbonyl (C=O) groups excluding carboxylic acids is 3. The fourth-order valence-electron chi connectivity index (χ4n) is 3.44. The number of imide groups is 1. The van der Waals surface area contributed by atoms with Gasteiger partial charge in [-0.15, -0.1) is 0 Å². The third-order valence-corrected chi connectivity index (χ3v) is 6.29. The van der Waals surface area contributed by atoms with Gasteiger partial charge in [0.25, 0.3) is 11.1 Å². The van der Waals surface area contributed by atoms with Gasteiger partial charge in [-0.1, -0.05) is 28.1 Å². The van der Waals surface area contributed by atoms with E-state index in [9.17, 15) is 18.8 Å². The highest BCUT2D eigenvalue weighted by Crippen LogP contribution is 2.35. The number of rotatable bonds is 6. The molecule has 1 aliphatic rings. The zero-order valence-corrected chi connectivity index (χ0v) is 19.4. The molecule has 2 heterocycles. The molecule has 0 bridgehead atoms. The van der Waals surface area contributed by atoms with Crippen LogP contribution in [0.25, 0.3) is 17.0 Å². The van der Waals surface area contributed by atoms with Crippen molar-refractivity contribution in [1.29, 1.82) is 0 Å². The standard InChI is InChI=1S/C23H18BrFN2O4S/c1-2-31-21(28)13-26-12-15(18-10-16(24)5-8-19(18)26)9-20-22(29)27(23(30)32-20)11-14-3-6-17(25)7-4-14/h3-10,12H,2,11,13H2,1H3/b20-9-. The number of carbonyl (C=O) groups is 3. The first-order chi connectivity index (χ1) is 15.4. The summed E-state index contributed by atoms with van der Waals surface area (Å²) in [4.78, 5) is 38.8. The van der Waals surface area contributed by atoms with Crippen LogP contribution in [0, 0.1) is 5.82 Å². The first kappa shape index (κ1) is 22.3. The summed E-state index contributed by atoms with van der Waals surface area (Å²) in [6.07, 6.45) is 3.42. The van der Waals surface area contributed by atoms with E-state index in [-0.39, 0.29) is 41.6 Å². The lowest BCUT2D eigenvalue weighted by atomic mass is 10.1. The molecule has 0 atom stereocenters. The van der Waals surface area contributed by atoms with Crippen LogP contribution in [-0.4, -0.2) is 33.2 Å². The summed E-state index contributed by atoms with van der Waals surface area (Å²) in [5, 5.41) is 0.441. The molecule has 3 aromatic rings. The minimum atomic E-state index is -0.411. The van der Waals surface area contributed by atoms with Crippen molar-refractivity contribution >= 4 is 61.8 Å². The Balaban J connectivity index is 1.65. The van der Waals surface area contributed by atoms with Crippen molar-refractivity contribution in [3.63, 3.8) is 0 Å². The van der Waals surface area contributed by atoms with Crippen LogP contribution in [0.2, 0.25) is 0 Å². The average Bonchev–Trinajstić information content (AvgIpc) is 3.21. The van der Waals surface area contributed by atoms with Gasteiger partial charge < -0.3 is 9.30 Å². The molecule has 1 aliphatic heterocycles. The van der Waals surface area contributed by atoms with Gasteiger partial charge in [-0.2, -0.15) is 0 Å². The first-order valence-corrected chi connectivity index (χ1v) is 11.4. The monoisotopic (exact) mass is 516 g/mol. The van der Waals surface area contributed by atoms with Crippen LogP contribution in [0.5, 0.6) is 0 Å². The first-order valence-electron chi connectivity index (χ1n) is 9.79. The van der Waals surface area contributed by atoms with Gasteiger partial charge in [-0.3, -0.25) is 19.3 Å². The summed E-state index contributed by atoms with van der Waals surface area (Å²) in [5.74, 6) is -1.16. The Bertz CT molecular complexity index is 1250. The zero-order chi connectivity index (χ0) is 22.8. The van der Waals surface area contributed by atoms with E-state index in [1.165, 1.54) is 12.1 Å².